The zero-order valence-electron chi connectivity index (χ0n) is 12.7. The van der Waals surface area contributed by atoms with E-state index < -0.39 is 0 Å². The Kier molecular flexibility index (Phi) is 3.79. The Balaban J connectivity index is 2.27. The number of aromatic nitrogens is 3. The number of benzene rings is 1. The number of rotatable bonds is 3. The van der Waals surface area contributed by atoms with Crippen molar-refractivity contribution in [2.45, 2.75) is 27.2 Å². The first kappa shape index (κ1) is 14.5. The van der Waals surface area contributed by atoms with E-state index in [1.165, 1.54) is 12.1 Å². The summed E-state index contributed by atoms with van der Waals surface area (Å²) in [6, 6.07) is 6.34. The van der Waals surface area contributed by atoms with Gasteiger partial charge in [-0.15, -0.1) is 10.2 Å². The van der Waals surface area contributed by atoms with Crippen molar-refractivity contribution < 1.29 is 4.39 Å². The van der Waals surface area contributed by atoms with E-state index in [0.29, 0.717) is 0 Å². The van der Waals surface area contributed by atoms with Crippen LogP contribution in [0.4, 0.5) is 16.0 Å². The third-order valence-electron chi connectivity index (χ3n) is 3.14. The maximum absolute atomic E-state index is 13.0. The number of hydrogen-bond donors (Lipinski definition) is 0. The second kappa shape index (κ2) is 5.23. The van der Waals surface area contributed by atoms with E-state index in [1.807, 2.05) is 23.6 Å². The lowest BCUT2D eigenvalue weighted by Crippen LogP contribution is -2.17. The van der Waals surface area contributed by atoms with Crippen molar-refractivity contribution >= 4 is 11.6 Å². The predicted molar refractivity (Wildman–Crippen MR) is 78.6 cm³/mol. The van der Waals surface area contributed by atoms with Crippen molar-refractivity contribution in [2.24, 2.45) is 12.5 Å². The van der Waals surface area contributed by atoms with E-state index >= 15 is 0 Å². The summed E-state index contributed by atoms with van der Waals surface area (Å²) < 4.78 is 15.0. The molecule has 0 bridgehead atoms. The molecule has 0 amide bonds. The average Bonchev–Trinajstić information content (AvgIpc) is 2.69. The SMILES string of the molecule is CN(c1ccc(F)cc1)c1nnc(CC(C)(C)C)n1C. The lowest BCUT2D eigenvalue weighted by Gasteiger charge is -2.20. The van der Waals surface area contributed by atoms with E-state index in [1.54, 1.807) is 12.1 Å². The summed E-state index contributed by atoms with van der Waals surface area (Å²) in [6.45, 7) is 6.52. The van der Waals surface area contributed by atoms with E-state index in [0.717, 1.165) is 23.9 Å². The summed E-state index contributed by atoms with van der Waals surface area (Å²) in [7, 11) is 3.86. The van der Waals surface area contributed by atoms with Crippen molar-refractivity contribution in [1.82, 2.24) is 14.8 Å². The quantitative estimate of drug-likeness (QED) is 0.862. The molecule has 0 saturated heterocycles. The minimum Gasteiger partial charge on any atom is -0.314 e. The third-order valence-corrected chi connectivity index (χ3v) is 3.14. The zero-order chi connectivity index (χ0) is 14.9. The summed E-state index contributed by atoms with van der Waals surface area (Å²) in [5, 5.41) is 8.51. The molecule has 0 fully saturated rings. The molecule has 0 saturated carbocycles. The fourth-order valence-electron chi connectivity index (χ4n) is 2.05. The molecule has 2 aromatic rings. The molecular formula is C15H21FN4. The molecule has 0 aliphatic carbocycles. The number of halogens is 1. The van der Waals surface area contributed by atoms with Gasteiger partial charge >= 0.3 is 0 Å². The van der Waals surface area contributed by atoms with Crippen molar-refractivity contribution in [1.29, 1.82) is 0 Å². The molecule has 0 aliphatic rings. The zero-order valence-corrected chi connectivity index (χ0v) is 12.7. The van der Waals surface area contributed by atoms with Gasteiger partial charge in [-0.1, -0.05) is 20.8 Å². The molecule has 1 aromatic heterocycles. The summed E-state index contributed by atoms with van der Waals surface area (Å²) in [5.74, 6) is 1.45. The topological polar surface area (TPSA) is 34.0 Å². The van der Waals surface area contributed by atoms with Crippen molar-refractivity contribution in [3.8, 4) is 0 Å². The molecule has 20 heavy (non-hydrogen) atoms. The lowest BCUT2D eigenvalue weighted by molar-refractivity contribution is 0.395. The van der Waals surface area contributed by atoms with Crippen LogP contribution in [-0.4, -0.2) is 21.8 Å². The van der Waals surface area contributed by atoms with Crippen LogP contribution in [0.3, 0.4) is 0 Å². The Morgan fingerprint density at radius 2 is 1.75 bits per heavy atom. The molecular weight excluding hydrogens is 255 g/mol. The summed E-state index contributed by atoms with van der Waals surface area (Å²) in [4.78, 5) is 1.90. The van der Waals surface area contributed by atoms with Gasteiger partial charge in [-0.05, 0) is 29.7 Å². The second-order valence-electron chi connectivity index (χ2n) is 6.25. The maximum atomic E-state index is 13.0. The van der Waals surface area contributed by atoms with Crippen molar-refractivity contribution in [2.75, 3.05) is 11.9 Å². The van der Waals surface area contributed by atoms with E-state index in [4.69, 9.17) is 0 Å². The van der Waals surface area contributed by atoms with E-state index in [9.17, 15) is 4.39 Å². The van der Waals surface area contributed by atoms with Crippen LogP contribution in [-0.2, 0) is 13.5 Å². The van der Waals surface area contributed by atoms with Crippen LogP contribution in [0.1, 0.15) is 26.6 Å². The van der Waals surface area contributed by atoms with Crippen LogP contribution in [0.2, 0.25) is 0 Å². The summed E-state index contributed by atoms with van der Waals surface area (Å²) in [6.07, 6.45) is 0.855. The Morgan fingerprint density at radius 3 is 2.30 bits per heavy atom. The van der Waals surface area contributed by atoms with Crippen LogP contribution >= 0.6 is 0 Å². The molecule has 0 spiro atoms. The highest BCUT2D eigenvalue weighted by molar-refractivity contribution is 5.56. The number of hydrogen-bond acceptors (Lipinski definition) is 3. The molecule has 1 aromatic carbocycles. The van der Waals surface area contributed by atoms with Gasteiger partial charge in [-0.2, -0.15) is 0 Å². The molecule has 5 heteroatoms. The fourth-order valence-corrected chi connectivity index (χ4v) is 2.05. The molecule has 0 aliphatic heterocycles. The molecule has 0 N–H and O–H groups in total. The highest BCUT2D eigenvalue weighted by Crippen LogP contribution is 2.25. The maximum Gasteiger partial charge on any atom is 0.231 e. The molecule has 0 atom stereocenters. The summed E-state index contributed by atoms with van der Waals surface area (Å²) >= 11 is 0. The predicted octanol–water partition coefficient (Wildman–Crippen LogP) is 3.31. The summed E-state index contributed by atoms with van der Waals surface area (Å²) in [5.41, 5.74) is 1.04. The van der Waals surface area contributed by atoms with E-state index in [2.05, 4.69) is 31.0 Å². The minimum atomic E-state index is -0.242. The van der Waals surface area contributed by atoms with Gasteiger partial charge in [0.1, 0.15) is 11.6 Å². The van der Waals surface area contributed by atoms with Crippen molar-refractivity contribution in [3.63, 3.8) is 0 Å². The first-order chi connectivity index (χ1) is 9.28. The van der Waals surface area contributed by atoms with Gasteiger partial charge in [0.2, 0.25) is 5.95 Å². The lowest BCUT2D eigenvalue weighted by atomic mass is 9.92. The normalized spacial score (nSPS) is 11.7. The van der Waals surface area contributed by atoms with E-state index in [-0.39, 0.29) is 11.2 Å². The Bertz CT molecular complexity index is 581. The fraction of sp³-hybridized carbons (Fsp3) is 0.467. The van der Waals surface area contributed by atoms with Gasteiger partial charge in [-0.25, -0.2) is 4.39 Å². The molecule has 108 valence electrons. The van der Waals surface area contributed by atoms with Crippen LogP contribution in [0.25, 0.3) is 0 Å². The van der Waals surface area contributed by atoms with Gasteiger partial charge < -0.3 is 9.47 Å². The Morgan fingerprint density at radius 1 is 1.15 bits per heavy atom. The molecule has 2 rings (SSSR count). The number of nitrogens with zero attached hydrogens (tertiary/aromatic N) is 4. The molecule has 4 nitrogen and oxygen atoms in total. The average molecular weight is 276 g/mol. The minimum absolute atomic E-state index is 0.159. The number of anilines is 2. The largest absolute Gasteiger partial charge is 0.314 e. The van der Waals surface area contributed by atoms with Crippen LogP contribution < -0.4 is 4.90 Å². The highest BCUT2D eigenvalue weighted by Gasteiger charge is 2.19. The van der Waals surface area contributed by atoms with Crippen LogP contribution in [0, 0.1) is 11.2 Å². The van der Waals surface area contributed by atoms with Crippen LogP contribution in [0.15, 0.2) is 24.3 Å². The van der Waals surface area contributed by atoms with Gasteiger partial charge in [0.15, 0.2) is 0 Å². The highest BCUT2D eigenvalue weighted by atomic mass is 19.1. The van der Waals surface area contributed by atoms with Gasteiger partial charge in [0.05, 0.1) is 0 Å². The van der Waals surface area contributed by atoms with Gasteiger partial charge in [0.25, 0.3) is 0 Å². The molecule has 1 heterocycles. The standard InChI is InChI=1S/C15H21FN4/c1-15(2,3)10-13-17-18-14(20(13)5)19(4)12-8-6-11(16)7-9-12/h6-9H,10H2,1-5H3. The Labute approximate surface area is 119 Å². The monoisotopic (exact) mass is 276 g/mol. The van der Waals surface area contributed by atoms with Gasteiger partial charge in [-0.3, -0.25) is 0 Å². The van der Waals surface area contributed by atoms with Gasteiger partial charge in [0, 0.05) is 26.2 Å². The smallest absolute Gasteiger partial charge is 0.231 e. The van der Waals surface area contributed by atoms with Crippen molar-refractivity contribution in [3.05, 3.63) is 35.9 Å². The van der Waals surface area contributed by atoms with Crippen LogP contribution in [0.5, 0.6) is 0 Å². The first-order valence-electron chi connectivity index (χ1n) is 6.65. The second-order valence-corrected chi connectivity index (χ2v) is 6.25. The molecule has 0 unspecified atom stereocenters. The Hall–Kier alpha value is -1.91. The third kappa shape index (κ3) is 3.15. The molecule has 0 radical (unpaired) electrons. The first-order valence-corrected chi connectivity index (χ1v) is 6.65.